The molecule has 2 heteroatoms. The highest BCUT2D eigenvalue weighted by Crippen LogP contribution is 2.15. The minimum Gasteiger partial charge on any atom is -0.299 e. The molecule has 0 N–H and O–H groups in total. The molecule has 0 radical (unpaired) electrons. The number of hydrogen-bond acceptors (Lipinski definition) is 1. The highest BCUT2D eigenvalue weighted by atomic mass is 35.5. The summed E-state index contributed by atoms with van der Waals surface area (Å²) in [7, 11) is 0. The summed E-state index contributed by atoms with van der Waals surface area (Å²) >= 11 is 5.78. The smallest absolute Gasteiger partial charge is 0.140 e. The fourth-order valence-corrected chi connectivity index (χ4v) is 1.46. The molecule has 15 heavy (non-hydrogen) atoms. The van der Waals surface area contributed by atoms with Crippen molar-refractivity contribution in [3.63, 3.8) is 0 Å². The van der Waals surface area contributed by atoms with Gasteiger partial charge in [-0.3, -0.25) is 4.79 Å². The Kier molecular flexibility index (Phi) is 4.34. The van der Waals surface area contributed by atoms with Gasteiger partial charge < -0.3 is 0 Å². The number of rotatable bonds is 4. The van der Waals surface area contributed by atoms with E-state index in [1.54, 1.807) is 0 Å². The number of ketones is 1. The number of Topliss-reactive ketones (excluding diaryl/α,β-unsaturated/α-hetero) is 1. The Morgan fingerprint density at radius 1 is 1.20 bits per heavy atom. The maximum atomic E-state index is 11.8. The van der Waals surface area contributed by atoms with Gasteiger partial charge in [-0.05, 0) is 23.6 Å². The van der Waals surface area contributed by atoms with Crippen molar-refractivity contribution < 1.29 is 4.79 Å². The number of hydrogen-bond donors (Lipinski definition) is 0. The van der Waals surface area contributed by atoms with E-state index >= 15 is 0 Å². The summed E-state index contributed by atoms with van der Waals surface area (Å²) in [6, 6.07) is 7.47. The van der Waals surface area contributed by atoms with Gasteiger partial charge in [-0.15, -0.1) is 0 Å². The molecule has 1 nitrogen and oxygen atoms in total. The number of halogens is 1. The molecule has 1 rings (SSSR count). The Hall–Kier alpha value is -0.820. The van der Waals surface area contributed by atoms with Crippen molar-refractivity contribution in [3.8, 4) is 0 Å². The lowest BCUT2D eigenvalue weighted by molar-refractivity contribution is -0.122. The molecule has 0 aliphatic rings. The lowest BCUT2D eigenvalue weighted by atomic mass is 9.90. The standard InChI is InChI=1S/C13H17ClO/c1-9(2)10(3)13(15)8-11-4-6-12(14)7-5-11/h4-7,9-10H,8H2,1-3H3. The van der Waals surface area contributed by atoms with Crippen LogP contribution in [0.3, 0.4) is 0 Å². The van der Waals surface area contributed by atoms with E-state index in [1.807, 2.05) is 31.2 Å². The maximum Gasteiger partial charge on any atom is 0.140 e. The normalized spacial score (nSPS) is 12.9. The molecule has 0 saturated heterocycles. The van der Waals surface area contributed by atoms with Crippen molar-refractivity contribution >= 4 is 17.4 Å². The summed E-state index contributed by atoms with van der Waals surface area (Å²) in [4.78, 5) is 11.8. The van der Waals surface area contributed by atoms with E-state index in [2.05, 4.69) is 13.8 Å². The third-order valence-corrected chi connectivity index (χ3v) is 3.05. The third kappa shape index (κ3) is 3.67. The topological polar surface area (TPSA) is 17.1 Å². The van der Waals surface area contributed by atoms with Crippen LogP contribution >= 0.6 is 11.6 Å². The van der Waals surface area contributed by atoms with Crippen LogP contribution in [0.1, 0.15) is 26.3 Å². The first-order chi connectivity index (χ1) is 7.00. The van der Waals surface area contributed by atoms with Crippen LogP contribution in [0, 0.1) is 11.8 Å². The van der Waals surface area contributed by atoms with E-state index in [4.69, 9.17) is 11.6 Å². The van der Waals surface area contributed by atoms with Crippen molar-refractivity contribution in [1.29, 1.82) is 0 Å². The molecule has 0 bridgehead atoms. The van der Waals surface area contributed by atoms with Gasteiger partial charge in [0.05, 0.1) is 0 Å². The molecule has 0 heterocycles. The molecule has 1 unspecified atom stereocenters. The number of carbonyl (C=O) groups is 1. The van der Waals surface area contributed by atoms with Gasteiger partial charge in [-0.1, -0.05) is 44.5 Å². The van der Waals surface area contributed by atoms with Gasteiger partial charge in [0.1, 0.15) is 5.78 Å². The molecule has 1 aromatic carbocycles. The van der Waals surface area contributed by atoms with Gasteiger partial charge in [0.2, 0.25) is 0 Å². The van der Waals surface area contributed by atoms with Crippen LogP contribution in [0.5, 0.6) is 0 Å². The molecule has 82 valence electrons. The molecule has 0 aliphatic carbocycles. The van der Waals surface area contributed by atoms with Crippen molar-refractivity contribution in [1.82, 2.24) is 0 Å². The predicted octanol–water partition coefficient (Wildman–Crippen LogP) is 3.74. The molecule has 0 amide bonds. The number of carbonyl (C=O) groups excluding carboxylic acids is 1. The largest absolute Gasteiger partial charge is 0.299 e. The zero-order chi connectivity index (χ0) is 11.4. The van der Waals surface area contributed by atoms with E-state index in [0.717, 1.165) is 5.56 Å². The van der Waals surface area contributed by atoms with Crippen LogP contribution in [0.25, 0.3) is 0 Å². The lowest BCUT2D eigenvalue weighted by Crippen LogP contribution is -2.18. The molecule has 0 fully saturated rings. The molecule has 1 aromatic rings. The molecule has 0 aliphatic heterocycles. The maximum absolute atomic E-state index is 11.8. The fourth-order valence-electron chi connectivity index (χ4n) is 1.34. The minimum absolute atomic E-state index is 0.126. The summed E-state index contributed by atoms with van der Waals surface area (Å²) in [6.45, 7) is 6.14. The lowest BCUT2D eigenvalue weighted by Gasteiger charge is -2.13. The average Bonchev–Trinajstić information content (AvgIpc) is 2.20. The van der Waals surface area contributed by atoms with Crippen molar-refractivity contribution in [2.45, 2.75) is 27.2 Å². The van der Waals surface area contributed by atoms with Crippen LogP contribution in [0.4, 0.5) is 0 Å². The second kappa shape index (κ2) is 5.32. The van der Waals surface area contributed by atoms with Crippen molar-refractivity contribution in [2.75, 3.05) is 0 Å². The Bertz CT molecular complexity index is 327. The monoisotopic (exact) mass is 224 g/mol. The van der Waals surface area contributed by atoms with Crippen molar-refractivity contribution in [2.24, 2.45) is 11.8 Å². The van der Waals surface area contributed by atoms with Gasteiger partial charge in [-0.25, -0.2) is 0 Å². The Morgan fingerprint density at radius 3 is 2.20 bits per heavy atom. The second-order valence-corrected chi connectivity index (χ2v) is 4.74. The van der Waals surface area contributed by atoms with E-state index < -0.39 is 0 Å². The van der Waals surface area contributed by atoms with E-state index in [1.165, 1.54) is 0 Å². The SMILES string of the molecule is CC(C)C(C)C(=O)Cc1ccc(Cl)cc1. The number of benzene rings is 1. The molecule has 0 saturated carbocycles. The zero-order valence-electron chi connectivity index (χ0n) is 9.46. The first kappa shape index (κ1) is 12.3. The fraction of sp³-hybridized carbons (Fsp3) is 0.462. The summed E-state index contributed by atoms with van der Waals surface area (Å²) in [5.74, 6) is 0.831. The summed E-state index contributed by atoms with van der Waals surface area (Å²) in [5, 5.41) is 0.711. The van der Waals surface area contributed by atoms with Gasteiger partial charge in [0.25, 0.3) is 0 Å². The molecule has 1 atom stereocenters. The highest BCUT2D eigenvalue weighted by Gasteiger charge is 2.16. The first-order valence-corrected chi connectivity index (χ1v) is 5.65. The molecule has 0 aromatic heterocycles. The van der Waals surface area contributed by atoms with Gasteiger partial charge in [0, 0.05) is 17.4 Å². The second-order valence-electron chi connectivity index (χ2n) is 4.30. The Morgan fingerprint density at radius 2 is 1.73 bits per heavy atom. The molecular weight excluding hydrogens is 208 g/mol. The van der Waals surface area contributed by atoms with Crippen LogP contribution in [-0.2, 0) is 11.2 Å². The Balaban J connectivity index is 2.62. The summed E-state index contributed by atoms with van der Waals surface area (Å²) in [6.07, 6.45) is 0.510. The zero-order valence-corrected chi connectivity index (χ0v) is 10.2. The average molecular weight is 225 g/mol. The van der Waals surface area contributed by atoms with E-state index in [-0.39, 0.29) is 5.92 Å². The van der Waals surface area contributed by atoms with Gasteiger partial charge >= 0.3 is 0 Å². The first-order valence-electron chi connectivity index (χ1n) is 5.28. The van der Waals surface area contributed by atoms with E-state index in [9.17, 15) is 4.79 Å². The van der Waals surface area contributed by atoms with Gasteiger partial charge in [0.15, 0.2) is 0 Å². The van der Waals surface area contributed by atoms with E-state index in [0.29, 0.717) is 23.1 Å². The predicted molar refractivity (Wildman–Crippen MR) is 64.2 cm³/mol. The van der Waals surface area contributed by atoms with Crippen LogP contribution < -0.4 is 0 Å². The van der Waals surface area contributed by atoms with Crippen LogP contribution in [0.2, 0.25) is 5.02 Å². The molecular formula is C13H17ClO. The van der Waals surface area contributed by atoms with Crippen molar-refractivity contribution in [3.05, 3.63) is 34.9 Å². The van der Waals surface area contributed by atoms with Crippen LogP contribution in [-0.4, -0.2) is 5.78 Å². The highest BCUT2D eigenvalue weighted by molar-refractivity contribution is 6.30. The third-order valence-electron chi connectivity index (χ3n) is 2.80. The van der Waals surface area contributed by atoms with Crippen LogP contribution in [0.15, 0.2) is 24.3 Å². The van der Waals surface area contributed by atoms with Gasteiger partial charge in [-0.2, -0.15) is 0 Å². The summed E-state index contributed by atoms with van der Waals surface area (Å²) < 4.78 is 0. The Labute approximate surface area is 96.5 Å². The molecule has 0 spiro atoms. The quantitative estimate of drug-likeness (QED) is 0.762. The summed E-state index contributed by atoms with van der Waals surface area (Å²) in [5.41, 5.74) is 1.04. The minimum atomic E-state index is 0.126.